The molecule has 0 bridgehead atoms. The van der Waals surface area contributed by atoms with Crippen LogP contribution in [0.3, 0.4) is 0 Å². The largest absolute Gasteiger partial charge is 0.497 e. The van der Waals surface area contributed by atoms with Crippen LogP contribution in [-0.4, -0.2) is 18.7 Å². The second-order valence-electron chi connectivity index (χ2n) is 5.59. The number of pyridine rings is 1. The topological polar surface area (TPSA) is 57.4 Å². The van der Waals surface area contributed by atoms with Crippen molar-refractivity contribution in [1.29, 1.82) is 0 Å². The molecule has 2 aromatic rings. The van der Waals surface area contributed by atoms with Crippen LogP contribution < -0.4 is 15.2 Å². The Hall–Kier alpha value is -2.23. The van der Waals surface area contributed by atoms with Gasteiger partial charge in [-0.15, -0.1) is 0 Å². The molecular weight excluding hydrogens is 264 g/mol. The third kappa shape index (κ3) is 2.94. The summed E-state index contributed by atoms with van der Waals surface area (Å²) in [6.45, 7) is 2.81. The monoisotopic (exact) mass is 284 g/mol. The first kappa shape index (κ1) is 13.7. The van der Waals surface area contributed by atoms with Crippen molar-refractivity contribution >= 4 is 5.82 Å². The molecule has 1 aliphatic heterocycles. The Morgan fingerprint density at radius 2 is 2.24 bits per heavy atom. The molecule has 2 heterocycles. The first-order chi connectivity index (χ1) is 10.2. The Kier molecular flexibility index (Phi) is 3.69. The SMILES string of the molecule is COc1ccc2c(c1)OC[C@H](Cc1cnc(N)cc1C)C2. The van der Waals surface area contributed by atoms with Crippen LogP contribution in [0, 0.1) is 12.8 Å². The lowest BCUT2D eigenvalue weighted by Gasteiger charge is -2.26. The summed E-state index contributed by atoms with van der Waals surface area (Å²) in [4.78, 5) is 4.19. The van der Waals surface area contributed by atoms with Crippen LogP contribution in [0.1, 0.15) is 16.7 Å². The van der Waals surface area contributed by atoms with Gasteiger partial charge in [-0.2, -0.15) is 0 Å². The van der Waals surface area contributed by atoms with Gasteiger partial charge < -0.3 is 15.2 Å². The second-order valence-corrected chi connectivity index (χ2v) is 5.59. The first-order valence-electron chi connectivity index (χ1n) is 7.16. The summed E-state index contributed by atoms with van der Waals surface area (Å²) in [5.74, 6) is 2.83. The van der Waals surface area contributed by atoms with E-state index in [9.17, 15) is 0 Å². The van der Waals surface area contributed by atoms with Gasteiger partial charge in [-0.1, -0.05) is 6.07 Å². The zero-order chi connectivity index (χ0) is 14.8. The van der Waals surface area contributed by atoms with E-state index in [1.807, 2.05) is 24.4 Å². The molecule has 0 aliphatic carbocycles. The molecule has 1 atom stereocenters. The van der Waals surface area contributed by atoms with Crippen molar-refractivity contribution < 1.29 is 9.47 Å². The van der Waals surface area contributed by atoms with Crippen molar-refractivity contribution in [2.75, 3.05) is 19.5 Å². The van der Waals surface area contributed by atoms with Crippen LogP contribution in [0.15, 0.2) is 30.5 Å². The number of hydrogen-bond acceptors (Lipinski definition) is 4. The molecule has 21 heavy (non-hydrogen) atoms. The van der Waals surface area contributed by atoms with Crippen molar-refractivity contribution in [1.82, 2.24) is 4.98 Å². The number of aromatic nitrogens is 1. The number of nitrogens with two attached hydrogens (primary N) is 1. The predicted molar refractivity (Wildman–Crippen MR) is 82.8 cm³/mol. The minimum absolute atomic E-state index is 0.468. The van der Waals surface area contributed by atoms with Gasteiger partial charge in [0.25, 0.3) is 0 Å². The Labute approximate surface area is 124 Å². The van der Waals surface area contributed by atoms with Crippen molar-refractivity contribution in [2.24, 2.45) is 5.92 Å². The van der Waals surface area contributed by atoms with E-state index in [2.05, 4.69) is 18.0 Å². The maximum absolute atomic E-state index is 5.89. The van der Waals surface area contributed by atoms with E-state index >= 15 is 0 Å². The summed E-state index contributed by atoms with van der Waals surface area (Å²) in [6, 6.07) is 7.97. The predicted octanol–water partition coefficient (Wildman–Crippen LogP) is 2.77. The fourth-order valence-corrected chi connectivity index (χ4v) is 2.80. The van der Waals surface area contributed by atoms with Gasteiger partial charge in [0.05, 0.1) is 13.7 Å². The lowest BCUT2D eigenvalue weighted by atomic mass is 9.90. The third-order valence-electron chi connectivity index (χ3n) is 4.01. The Morgan fingerprint density at radius 1 is 1.38 bits per heavy atom. The molecule has 0 radical (unpaired) electrons. The van der Waals surface area contributed by atoms with Gasteiger partial charge in [0.15, 0.2) is 0 Å². The summed E-state index contributed by atoms with van der Waals surface area (Å²) in [7, 11) is 1.67. The van der Waals surface area contributed by atoms with Crippen LogP contribution in [0.2, 0.25) is 0 Å². The van der Waals surface area contributed by atoms with Crippen molar-refractivity contribution in [3.05, 3.63) is 47.2 Å². The average molecular weight is 284 g/mol. The minimum Gasteiger partial charge on any atom is -0.497 e. The normalized spacial score (nSPS) is 17.0. The highest BCUT2D eigenvalue weighted by Gasteiger charge is 2.21. The van der Waals surface area contributed by atoms with Gasteiger partial charge >= 0.3 is 0 Å². The van der Waals surface area contributed by atoms with Crippen molar-refractivity contribution in [3.8, 4) is 11.5 Å². The smallest absolute Gasteiger partial charge is 0.126 e. The molecule has 110 valence electrons. The number of aryl methyl sites for hydroxylation is 1. The molecule has 4 nitrogen and oxygen atoms in total. The molecule has 4 heteroatoms. The van der Waals surface area contributed by atoms with Crippen LogP contribution in [0.5, 0.6) is 11.5 Å². The molecule has 0 amide bonds. The summed E-state index contributed by atoms with van der Waals surface area (Å²) >= 11 is 0. The number of anilines is 1. The Morgan fingerprint density at radius 3 is 3.00 bits per heavy atom. The number of nitrogen functional groups attached to an aromatic ring is 1. The van der Waals surface area contributed by atoms with Gasteiger partial charge in [0.1, 0.15) is 17.3 Å². The number of benzene rings is 1. The summed E-state index contributed by atoms with van der Waals surface area (Å²) < 4.78 is 11.1. The lowest BCUT2D eigenvalue weighted by molar-refractivity contribution is 0.220. The average Bonchev–Trinajstić information content (AvgIpc) is 2.49. The van der Waals surface area contributed by atoms with Crippen LogP contribution in [0.4, 0.5) is 5.82 Å². The highest BCUT2D eigenvalue weighted by atomic mass is 16.5. The molecule has 2 N–H and O–H groups in total. The molecule has 1 aromatic carbocycles. The molecule has 0 saturated carbocycles. The third-order valence-corrected chi connectivity index (χ3v) is 4.01. The standard InChI is InChI=1S/C17H20N2O2/c1-11-5-17(18)19-9-14(11)7-12-6-13-3-4-15(20-2)8-16(13)21-10-12/h3-5,8-9,12H,6-7,10H2,1-2H3,(H2,18,19)/t12-/m0/s1. The second kappa shape index (κ2) is 5.64. The number of fused-ring (bicyclic) bond motifs is 1. The molecule has 1 aromatic heterocycles. The minimum atomic E-state index is 0.468. The van der Waals surface area contributed by atoms with E-state index in [4.69, 9.17) is 15.2 Å². The number of hydrogen-bond donors (Lipinski definition) is 1. The van der Waals surface area contributed by atoms with Gasteiger partial charge in [-0.05, 0) is 48.6 Å². The highest BCUT2D eigenvalue weighted by molar-refractivity contribution is 5.42. The van der Waals surface area contributed by atoms with Crippen molar-refractivity contribution in [3.63, 3.8) is 0 Å². The number of methoxy groups -OCH3 is 1. The van der Waals surface area contributed by atoms with Crippen LogP contribution in [0.25, 0.3) is 0 Å². The van der Waals surface area contributed by atoms with Gasteiger partial charge in [-0.25, -0.2) is 4.98 Å². The quantitative estimate of drug-likeness (QED) is 0.941. The maximum atomic E-state index is 5.89. The molecule has 0 fully saturated rings. The highest BCUT2D eigenvalue weighted by Crippen LogP contribution is 2.32. The van der Waals surface area contributed by atoms with Gasteiger partial charge in [0.2, 0.25) is 0 Å². The van der Waals surface area contributed by atoms with E-state index in [0.717, 1.165) is 30.9 Å². The summed E-state index contributed by atoms with van der Waals surface area (Å²) in [5, 5.41) is 0. The van der Waals surface area contributed by atoms with Crippen LogP contribution in [-0.2, 0) is 12.8 Å². The maximum Gasteiger partial charge on any atom is 0.126 e. The zero-order valence-electron chi connectivity index (χ0n) is 12.4. The molecule has 1 aliphatic rings. The number of rotatable bonds is 3. The van der Waals surface area contributed by atoms with E-state index in [0.29, 0.717) is 11.7 Å². The summed E-state index contributed by atoms with van der Waals surface area (Å²) in [6.07, 6.45) is 3.86. The molecule has 0 unspecified atom stereocenters. The molecule has 0 saturated heterocycles. The van der Waals surface area contributed by atoms with Crippen LogP contribution >= 0.6 is 0 Å². The van der Waals surface area contributed by atoms with Gasteiger partial charge in [-0.3, -0.25) is 0 Å². The molecular formula is C17H20N2O2. The van der Waals surface area contributed by atoms with Gasteiger partial charge in [0, 0.05) is 18.2 Å². The van der Waals surface area contributed by atoms with E-state index in [1.165, 1.54) is 16.7 Å². The first-order valence-corrected chi connectivity index (χ1v) is 7.16. The van der Waals surface area contributed by atoms with E-state index in [1.54, 1.807) is 7.11 Å². The fourth-order valence-electron chi connectivity index (χ4n) is 2.80. The van der Waals surface area contributed by atoms with E-state index in [-0.39, 0.29) is 0 Å². The molecule has 3 rings (SSSR count). The Bertz CT molecular complexity index is 655. The molecule has 0 spiro atoms. The fraction of sp³-hybridized carbons (Fsp3) is 0.353. The lowest BCUT2D eigenvalue weighted by Crippen LogP contribution is -2.23. The zero-order valence-corrected chi connectivity index (χ0v) is 12.4. The van der Waals surface area contributed by atoms with Crippen molar-refractivity contribution in [2.45, 2.75) is 19.8 Å². The number of nitrogens with zero attached hydrogens (tertiary/aromatic N) is 1. The Balaban J connectivity index is 1.74. The summed E-state index contributed by atoms with van der Waals surface area (Å²) in [5.41, 5.74) is 9.39. The van der Waals surface area contributed by atoms with E-state index < -0.39 is 0 Å². The number of ether oxygens (including phenoxy) is 2.